The molecular weight excluding hydrogens is 377 g/mol. The second-order valence-corrected chi connectivity index (χ2v) is 8.31. The average Bonchev–Trinajstić information content (AvgIpc) is 2.52. The topological polar surface area (TPSA) is 49.4 Å². The van der Waals surface area contributed by atoms with E-state index in [9.17, 15) is 21.6 Å². The minimum atomic E-state index is -4.73. The molecule has 0 fully saturated rings. The van der Waals surface area contributed by atoms with Crippen LogP contribution in [0.4, 0.5) is 18.9 Å². The number of likely N-dealkylation sites (N-methyl/N-ethyl adjacent to an activating group) is 1. The molecule has 0 aliphatic carbocycles. The van der Waals surface area contributed by atoms with Gasteiger partial charge in [0.2, 0.25) is 10.0 Å². The second kappa shape index (κ2) is 7.90. The van der Waals surface area contributed by atoms with Crippen molar-refractivity contribution >= 4 is 15.7 Å². The number of alkyl halides is 3. The molecule has 1 N–H and O–H groups in total. The molecule has 0 heterocycles. The van der Waals surface area contributed by atoms with E-state index in [1.807, 2.05) is 4.72 Å². The number of benzene rings is 2. The molecule has 2 rings (SSSR count). The van der Waals surface area contributed by atoms with Crippen molar-refractivity contribution in [3.05, 3.63) is 59.2 Å². The summed E-state index contributed by atoms with van der Waals surface area (Å²) in [5, 5.41) is 0. The van der Waals surface area contributed by atoms with Crippen molar-refractivity contribution in [1.29, 1.82) is 0 Å². The third-order valence-corrected chi connectivity index (χ3v) is 6.00. The molecule has 4 nitrogen and oxygen atoms in total. The van der Waals surface area contributed by atoms with Gasteiger partial charge in [-0.2, -0.15) is 17.9 Å². The van der Waals surface area contributed by atoms with E-state index in [1.54, 1.807) is 63.2 Å². The normalized spacial score (nSPS) is 13.4. The van der Waals surface area contributed by atoms with E-state index < -0.39 is 28.8 Å². The lowest BCUT2D eigenvalue weighted by Gasteiger charge is -2.28. The first-order valence-electron chi connectivity index (χ1n) is 8.35. The van der Waals surface area contributed by atoms with Gasteiger partial charge < -0.3 is 4.90 Å². The molecule has 27 heavy (non-hydrogen) atoms. The Morgan fingerprint density at radius 2 is 1.56 bits per heavy atom. The smallest absolute Gasteiger partial charge is 0.373 e. The number of rotatable bonds is 6. The molecule has 2 aromatic carbocycles. The van der Waals surface area contributed by atoms with Gasteiger partial charge in [0, 0.05) is 19.3 Å². The van der Waals surface area contributed by atoms with Gasteiger partial charge in [0.15, 0.2) is 0 Å². The van der Waals surface area contributed by atoms with Gasteiger partial charge >= 0.3 is 6.18 Å². The van der Waals surface area contributed by atoms with Gasteiger partial charge in [0.1, 0.15) is 6.04 Å². The number of hydrogen-bond acceptors (Lipinski definition) is 3. The Balaban J connectivity index is 2.34. The number of sulfonamides is 1. The average molecular weight is 400 g/mol. The molecule has 0 aliphatic heterocycles. The highest BCUT2D eigenvalue weighted by Gasteiger charge is 2.43. The van der Waals surface area contributed by atoms with Crippen LogP contribution in [-0.4, -0.2) is 34.2 Å². The lowest BCUT2D eigenvalue weighted by Crippen LogP contribution is -2.51. The van der Waals surface area contributed by atoms with Crippen LogP contribution in [-0.2, 0) is 10.0 Å². The van der Waals surface area contributed by atoms with Gasteiger partial charge in [-0.1, -0.05) is 35.9 Å². The fourth-order valence-electron chi connectivity index (χ4n) is 3.11. The van der Waals surface area contributed by atoms with Crippen LogP contribution >= 0.6 is 0 Å². The molecule has 0 aromatic heterocycles. The van der Waals surface area contributed by atoms with Gasteiger partial charge in [-0.15, -0.1) is 0 Å². The van der Waals surface area contributed by atoms with Crippen molar-refractivity contribution in [2.75, 3.05) is 18.5 Å². The molecule has 2 aromatic rings. The summed E-state index contributed by atoms with van der Waals surface area (Å²) in [5.74, 6) is 0. The number of anilines is 1. The number of aryl methyl sites for hydroxylation is 3. The van der Waals surface area contributed by atoms with Crippen molar-refractivity contribution in [2.24, 2.45) is 0 Å². The summed E-state index contributed by atoms with van der Waals surface area (Å²) < 4.78 is 68.0. The molecule has 0 bridgehead atoms. The molecule has 0 saturated carbocycles. The Bertz CT molecular complexity index is 874. The predicted molar refractivity (Wildman–Crippen MR) is 101 cm³/mol. The summed E-state index contributed by atoms with van der Waals surface area (Å²) in [7, 11) is -2.85. The molecule has 1 unspecified atom stereocenters. The van der Waals surface area contributed by atoms with E-state index in [2.05, 4.69) is 0 Å². The fourth-order valence-corrected chi connectivity index (χ4v) is 4.77. The Labute approximate surface area is 158 Å². The lowest BCUT2D eigenvalue weighted by atomic mass is 10.1. The molecule has 0 radical (unpaired) electrons. The van der Waals surface area contributed by atoms with Gasteiger partial charge in [-0.3, -0.25) is 0 Å². The van der Waals surface area contributed by atoms with Gasteiger partial charge in [0.25, 0.3) is 0 Å². The summed E-state index contributed by atoms with van der Waals surface area (Å²) >= 11 is 0. The quantitative estimate of drug-likeness (QED) is 0.799. The third-order valence-electron chi connectivity index (χ3n) is 4.22. The van der Waals surface area contributed by atoms with Crippen LogP contribution in [0.25, 0.3) is 0 Å². The van der Waals surface area contributed by atoms with E-state index in [1.165, 1.54) is 11.9 Å². The molecule has 0 saturated heterocycles. The third kappa shape index (κ3) is 5.23. The predicted octanol–water partition coefficient (Wildman–Crippen LogP) is 3.96. The summed E-state index contributed by atoms with van der Waals surface area (Å²) in [6.45, 7) is 4.41. The van der Waals surface area contributed by atoms with Crippen molar-refractivity contribution in [1.82, 2.24) is 4.72 Å². The molecule has 148 valence electrons. The number of hydrogen-bond donors (Lipinski definition) is 1. The van der Waals surface area contributed by atoms with Crippen LogP contribution in [0.15, 0.2) is 47.4 Å². The summed E-state index contributed by atoms with van der Waals surface area (Å²) in [4.78, 5) is 1.26. The van der Waals surface area contributed by atoms with Crippen molar-refractivity contribution in [3.8, 4) is 0 Å². The van der Waals surface area contributed by atoms with Crippen LogP contribution in [0, 0.1) is 20.8 Å². The maximum Gasteiger partial charge on any atom is 0.406 e. The van der Waals surface area contributed by atoms with Crippen molar-refractivity contribution in [2.45, 2.75) is 37.9 Å². The molecule has 1 atom stereocenters. The number of halogens is 3. The van der Waals surface area contributed by atoms with Crippen LogP contribution in [0.5, 0.6) is 0 Å². The zero-order valence-electron chi connectivity index (χ0n) is 15.6. The summed E-state index contributed by atoms with van der Waals surface area (Å²) in [6.07, 6.45) is -4.73. The van der Waals surface area contributed by atoms with E-state index in [4.69, 9.17) is 0 Å². The first-order valence-corrected chi connectivity index (χ1v) is 9.83. The Hall–Kier alpha value is -2.06. The highest BCUT2D eigenvalue weighted by Crippen LogP contribution is 2.27. The van der Waals surface area contributed by atoms with E-state index in [0.29, 0.717) is 16.8 Å². The molecular formula is C19H23F3N2O2S. The van der Waals surface area contributed by atoms with E-state index in [-0.39, 0.29) is 4.90 Å². The molecule has 0 amide bonds. The first-order chi connectivity index (χ1) is 12.4. The zero-order chi connectivity index (χ0) is 20.4. The Morgan fingerprint density at radius 1 is 1.04 bits per heavy atom. The second-order valence-electron chi connectivity index (χ2n) is 6.66. The highest BCUT2D eigenvalue weighted by molar-refractivity contribution is 7.89. The van der Waals surface area contributed by atoms with Gasteiger partial charge in [0.05, 0.1) is 4.90 Å². The maximum absolute atomic E-state index is 13.6. The van der Waals surface area contributed by atoms with E-state index in [0.717, 1.165) is 5.56 Å². The summed E-state index contributed by atoms with van der Waals surface area (Å²) in [6, 6.07) is 9.53. The minimum absolute atomic E-state index is 0.107. The van der Waals surface area contributed by atoms with Crippen LogP contribution in [0.1, 0.15) is 16.7 Å². The maximum atomic E-state index is 13.6. The summed E-state index contributed by atoms with van der Waals surface area (Å²) in [5.41, 5.74) is 2.24. The molecule has 0 aliphatic rings. The van der Waals surface area contributed by atoms with Crippen LogP contribution in [0.3, 0.4) is 0 Å². The number of para-hydroxylation sites is 1. The van der Waals surface area contributed by atoms with Gasteiger partial charge in [-0.25, -0.2) is 8.42 Å². The number of nitrogens with zero attached hydrogens (tertiary/aromatic N) is 1. The standard InChI is InChI=1S/C19H23F3N2O2S/c1-13-10-14(2)18(15(3)11-13)27(25,26)23-17(19(20,21)22)12-24(4)16-8-6-5-7-9-16/h5-11,17,23H,12H2,1-4H3. The monoisotopic (exact) mass is 400 g/mol. The zero-order valence-corrected chi connectivity index (χ0v) is 16.4. The molecule has 8 heteroatoms. The Morgan fingerprint density at radius 3 is 2.04 bits per heavy atom. The molecule has 0 spiro atoms. The van der Waals surface area contributed by atoms with E-state index >= 15 is 0 Å². The lowest BCUT2D eigenvalue weighted by molar-refractivity contribution is -0.148. The minimum Gasteiger partial charge on any atom is -0.373 e. The fraction of sp³-hybridized carbons (Fsp3) is 0.368. The van der Waals surface area contributed by atoms with Gasteiger partial charge in [-0.05, 0) is 44.0 Å². The number of nitrogens with one attached hydrogen (secondary N) is 1. The largest absolute Gasteiger partial charge is 0.406 e. The van der Waals surface area contributed by atoms with Crippen molar-refractivity contribution < 1.29 is 21.6 Å². The van der Waals surface area contributed by atoms with Crippen LogP contribution in [0.2, 0.25) is 0 Å². The first kappa shape index (κ1) is 21.2. The SMILES string of the molecule is Cc1cc(C)c(S(=O)(=O)NC(CN(C)c2ccccc2)C(F)(F)F)c(C)c1. The van der Waals surface area contributed by atoms with Crippen LogP contribution < -0.4 is 9.62 Å². The van der Waals surface area contributed by atoms with Crippen molar-refractivity contribution in [3.63, 3.8) is 0 Å². The highest BCUT2D eigenvalue weighted by atomic mass is 32.2. The Kier molecular flexibility index (Phi) is 6.21.